The quantitative estimate of drug-likeness (QED) is 0.669. The lowest BCUT2D eigenvalue weighted by Gasteiger charge is -2.10. The fourth-order valence-electron chi connectivity index (χ4n) is 1.05. The van der Waals surface area contributed by atoms with Crippen LogP contribution in [0.4, 0.5) is 10.9 Å². The molecule has 0 aliphatic rings. The summed E-state index contributed by atoms with van der Waals surface area (Å²) in [5.41, 5.74) is 11.0. The molecular formula is C9H17N5OS. The van der Waals surface area contributed by atoms with E-state index in [0.717, 1.165) is 11.7 Å². The molecule has 0 radical (unpaired) electrons. The van der Waals surface area contributed by atoms with Crippen molar-refractivity contribution in [1.29, 1.82) is 0 Å². The second-order valence-corrected chi connectivity index (χ2v) is 4.25. The van der Waals surface area contributed by atoms with E-state index < -0.39 is 0 Å². The molecule has 0 aliphatic heterocycles. The van der Waals surface area contributed by atoms with Gasteiger partial charge in [-0.2, -0.15) is 0 Å². The number of aromatic nitrogens is 1. The van der Waals surface area contributed by atoms with Crippen molar-refractivity contribution in [3.05, 3.63) is 4.88 Å². The highest BCUT2D eigenvalue weighted by molar-refractivity contribution is 7.18. The van der Waals surface area contributed by atoms with Gasteiger partial charge in [0.2, 0.25) is 0 Å². The number of thiazole rings is 1. The van der Waals surface area contributed by atoms with Crippen LogP contribution in [0.3, 0.4) is 0 Å². The molecule has 0 unspecified atom stereocenters. The van der Waals surface area contributed by atoms with Gasteiger partial charge in [0, 0.05) is 26.7 Å². The Hall–Kier alpha value is -1.34. The fraction of sp³-hybridized carbons (Fsp3) is 0.556. The highest BCUT2D eigenvalue weighted by Crippen LogP contribution is 2.26. The van der Waals surface area contributed by atoms with Crippen LogP contribution < -0.4 is 21.7 Å². The molecule has 0 aromatic carbocycles. The third-order valence-corrected chi connectivity index (χ3v) is 3.26. The van der Waals surface area contributed by atoms with E-state index >= 15 is 0 Å². The summed E-state index contributed by atoms with van der Waals surface area (Å²) < 4.78 is 0. The Balaban J connectivity index is 2.80. The number of nitrogen functional groups attached to an aromatic ring is 1. The van der Waals surface area contributed by atoms with Crippen LogP contribution in [0.5, 0.6) is 0 Å². The zero-order valence-electron chi connectivity index (χ0n) is 9.49. The fourth-order valence-corrected chi connectivity index (χ4v) is 1.97. The van der Waals surface area contributed by atoms with Gasteiger partial charge in [0.1, 0.15) is 10.7 Å². The molecule has 0 saturated heterocycles. The van der Waals surface area contributed by atoms with Gasteiger partial charge in [0.05, 0.1) is 0 Å². The van der Waals surface area contributed by atoms with Crippen LogP contribution in [0.2, 0.25) is 0 Å². The number of amides is 1. The van der Waals surface area contributed by atoms with E-state index in [1.54, 1.807) is 0 Å². The van der Waals surface area contributed by atoms with Gasteiger partial charge in [-0.3, -0.25) is 4.79 Å². The van der Waals surface area contributed by atoms with Gasteiger partial charge in [-0.15, -0.1) is 0 Å². The Kier molecular flexibility index (Phi) is 4.51. The lowest BCUT2D eigenvalue weighted by atomic mass is 10.4. The first kappa shape index (κ1) is 12.7. The predicted octanol–water partition coefficient (Wildman–Crippen LogP) is -0.130. The van der Waals surface area contributed by atoms with Crippen molar-refractivity contribution in [1.82, 2.24) is 10.3 Å². The van der Waals surface area contributed by atoms with Crippen LogP contribution >= 0.6 is 11.3 Å². The van der Waals surface area contributed by atoms with Crippen LogP contribution in [0.25, 0.3) is 0 Å². The van der Waals surface area contributed by atoms with Crippen LogP contribution in [-0.2, 0) is 0 Å². The number of hydrogen-bond acceptors (Lipinski definition) is 6. The van der Waals surface area contributed by atoms with Crippen molar-refractivity contribution in [2.45, 2.75) is 6.92 Å². The minimum absolute atomic E-state index is 0.212. The van der Waals surface area contributed by atoms with Crippen LogP contribution in [0.1, 0.15) is 16.6 Å². The maximum Gasteiger partial charge on any atom is 0.265 e. The number of carbonyl (C=O) groups excluding carboxylic acids is 1. The van der Waals surface area contributed by atoms with E-state index in [1.165, 1.54) is 11.3 Å². The number of nitrogens with one attached hydrogen (secondary N) is 1. The Labute approximate surface area is 98.6 Å². The summed E-state index contributed by atoms with van der Waals surface area (Å²) in [6.45, 7) is 3.67. The van der Waals surface area contributed by atoms with E-state index in [1.807, 2.05) is 18.9 Å². The van der Waals surface area contributed by atoms with E-state index in [9.17, 15) is 4.79 Å². The number of nitrogens with two attached hydrogens (primary N) is 2. The van der Waals surface area contributed by atoms with Crippen molar-refractivity contribution in [2.75, 3.05) is 37.3 Å². The number of nitrogens with zero attached hydrogens (tertiary/aromatic N) is 2. The van der Waals surface area contributed by atoms with Gasteiger partial charge in [0.25, 0.3) is 5.91 Å². The molecule has 1 rings (SSSR count). The molecule has 0 atom stereocenters. The monoisotopic (exact) mass is 243 g/mol. The van der Waals surface area contributed by atoms with Gasteiger partial charge < -0.3 is 21.7 Å². The Morgan fingerprint density at radius 1 is 1.62 bits per heavy atom. The van der Waals surface area contributed by atoms with Gasteiger partial charge in [-0.1, -0.05) is 11.3 Å². The summed E-state index contributed by atoms with van der Waals surface area (Å²) >= 11 is 1.29. The minimum atomic E-state index is -0.212. The largest absolute Gasteiger partial charge is 0.382 e. The van der Waals surface area contributed by atoms with Crippen molar-refractivity contribution in [3.8, 4) is 0 Å². The molecule has 1 heterocycles. The van der Waals surface area contributed by atoms with Crippen molar-refractivity contribution >= 4 is 28.2 Å². The summed E-state index contributed by atoms with van der Waals surface area (Å²) in [4.78, 5) is 18.2. The number of anilines is 2. The summed E-state index contributed by atoms with van der Waals surface area (Å²) in [6.07, 6.45) is 0. The van der Waals surface area contributed by atoms with E-state index in [0.29, 0.717) is 18.0 Å². The molecule has 6 nitrogen and oxygen atoms in total. The summed E-state index contributed by atoms with van der Waals surface area (Å²) in [5.74, 6) is 0.0611. The molecule has 90 valence electrons. The first-order valence-corrected chi connectivity index (χ1v) is 5.87. The second kappa shape index (κ2) is 5.66. The maximum absolute atomic E-state index is 11.7. The van der Waals surface area contributed by atoms with E-state index in [4.69, 9.17) is 11.5 Å². The molecule has 0 aliphatic carbocycles. The van der Waals surface area contributed by atoms with Gasteiger partial charge in [-0.25, -0.2) is 4.98 Å². The second-order valence-electron chi connectivity index (χ2n) is 3.27. The van der Waals surface area contributed by atoms with E-state index in [-0.39, 0.29) is 11.7 Å². The maximum atomic E-state index is 11.7. The number of hydrogen-bond donors (Lipinski definition) is 3. The minimum Gasteiger partial charge on any atom is -0.382 e. The normalized spacial score (nSPS) is 10.2. The predicted molar refractivity (Wildman–Crippen MR) is 66.9 cm³/mol. The topological polar surface area (TPSA) is 97.3 Å². The van der Waals surface area contributed by atoms with Crippen molar-refractivity contribution in [3.63, 3.8) is 0 Å². The summed E-state index contributed by atoms with van der Waals surface area (Å²) in [7, 11) is 1.90. The molecule has 0 saturated carbocycles. The Morgan fingerprint density at radius 3 is 2.88 bits per heavy atom. The van der Waals surface area contributed by atoms with Crippen molar-refractivity contribution < 1.29 is 4.79 Å². The molecule has 1 amide bonds. The average Bonchev–Trinajstić information content (AvgIpc) is 2.67. The number of rotatable bonds is 5. The molecule has 1 aromatic heterocycles. The summed E-state index contributed by atoms with van der Waals surface area (Å²) in [5, 5.41) is 3.42. The van der Waals surface area contributed by atoms with Gasteiger partial charge >= 0.3 is 0 Å². The zero-order valence-corrected chi connectivity index (χ0v) is 10.3. The summed E-state index contributed by atoms with van der Waals surface area (Å²) in [6, 6.07) is 0. The molecule has 1 aromatic rings. The van der Waals surface area contributed by atoms with Gasteiger partial charge in [0.15, 0.2) is 5.13 Å². The number of carbonyl (C=O) groups is 1. The molecule has 0 spiro atoms. The van der Waals surface area contributed by atoms with E-state index in [2.05, 4.69) is 10.3 Å². The molecule has 0 fully saturated rings. The Morgan fingerprint density at radius 2 is 2.31 bits per heavy atom. The standard InChI is InChI=1S/C9H17N5OS/c1-3-14(2)9-13-7(11)6(16-9)8(15)12-5-4-10/h3-5,10-11H2,1-2H3,(H,12,15). The highest BCUT2D eigenvalue weighted by Gasteiger charge is 2.16. The molecular weight excluding hydrogens is 226 g/mol. The highest BCUT2D eigenvalue weighted by atomic mass is 32.1. The smallest absolute Gasteiger partial charge is 0.265 e. The SMILES string of the molecule is CCN(C)c1nc(N)c(C(=O)NCCN)s1. The third kappa shape index (κ3) is 2.83. The van der Waals surface area contributed by atoms with Crippen molar-refractivity contribution in [2.24, 2.45) is 5.73 Å². The Bertz CT molecular complexity index is 365. The zero-order chi connectivity index (χ0) is 12.1. The lowest BCUT2D eigenvalue weighted by molar-refractivity contribution is 0.0959. The van der Waals surface area contributed by atoms with Crippen LogP contribution in [-0.4, -0.2) is 37.6 Å². The first-order valence-electron chi connectivity index (χ1n) is 5.05. The molecule has 16 heavy (non-hydrogen) atoms. The molecule has 0 bridgehead atoms. The molecule has 5 N–H and O–H groups in total. The van der Waals surface area contributed by atoms with Crippen LogP contribution in [0, 0.1) is 0 Å². The van der Waals surface area contributed by atoms with Gasteiger partial charge in [-0.05, 0) is 6.92 Å². The van der Waals surface area contributed by atoms with Crippen LogP contribution in [0.15, 0.2) is 0 Å². The third-order valence-electron chi connectivity index (χ3n) is 2.08. The first-order chi connectivity index (χ1) is 7.60. The molecule has 7 heteroatoms. The average molecular weight is 243 g/mol. The lowest BCUT2D eigenvalue weighted by Crippen LogP contribution is -2.28.